The fourth-order valence-corrected chi connectivity index (χ4v) is 9.84. The molecule has 2 atom stereocenters. The number of amides is 3. The van der Waals surface area contributed by atoms with E-state index in [9.17, 15) is 14.4 Å². The highest BCUT2D eigenvalue weighted by Crippen LogP contribution is 2.36. The Morgan fingerprint density at radius 2 is 1.15 bits per heavy atom. The van der Waals surface area contributed by atoms with Crippen molar-refractivity contribution in [3.05, 3.63) is 142 Å². The van der Waals surface area contributed by atoms with Crippen LogP contribution in [0.1, 0.15) is 59.4 Å². The number of halogens is 4. The molecule has 4 aromatic heterocycles. The highest BCUT2D eigenvalue weighted by molar-refractivity contribution is 7.17. The van der Waals surface area contributed by atoms with Crippen molar-refractivity contribution in [3.63, 3.8) is 0 Å². The van der Waals surface area contributed by atoms with Gasteiger partial charge in [-0.25, -0.2) is 4.79 Å². The Hall–Kier alpha value is -4.89. The largest absolute Gasteiger partial charge is 0.490 e. The first-order valence-electron chi connectivity index (χ1n) is 20.8. The number of aromatic nitrogens is 2. The van der Waals surface area contributed by atoms with E-state index in [1.54, 1.807) is 40.7 Å². The molecule has 0 N–H and O–H groups in total. The average molecular weight is 1000 g/mol. The maximum atomic E-state index is 13.6. The first-order chi connectivity index (χ1) is 30.4. The summed E-state index contributed by atoms with van der Waals surface area (Å²) < 4.78 is 17.4. The Bertz CT molecular complexity index is 2470. The molecular formula is C48H51Cl4N5O6S2. The minimum absolute atomic E-state index is 0. The lowest BCUT2D eigenvalue weighted by Crippen LogP contribution is -2.58. The number of hydrogen-bond donors (Lipinski definition) is 0. The minimum atomic E-state index is -0.599. The zero-order chi connectivity index (χ0) is 44.3. The molecule has 11 nitrogen and oxygen atoms in total. The van der Waals surface area contributed by atoms with Gasteiger partial charge < -0.3 is 28.9 Å². The highest BCUT2D eigenvalue weighted by atomic mass is 35.5. The van der Waals surface area contributed by atoms with Gasteiger partial charge in [-0.15, -0.1) is 47.5 Å². The number of piperidine rings is 1. The Balaban J connectivity index is 0.000000242. The van der Waals surface area contributed by atoms with Crippen LogP contribution in [0.15, 0.2) is 122 Å². The van der Waals surface area contributed by atoms with Gasteiger partial charge in [0.25, 0.3) is 11.8 Å². The topological polar surface area (TPSA) is 114 Å². The number of likely N-dealkylation sites (tertiary alicyclic amines) is 1. The molecule has 6 heterocycles. The fraction of sp³-hybridized carbons (Fsp3) is 0.312. The summed E-state index contributed by atoms with van der Waals surface area (Å²) in [6, 6.07) is 30.0. The molecule has 2 fully saturated rings. The third kappa shape index (κ3) is 13.8. The second-order valence-corrected chi connectivity index (χ2v) is 19.0. The van der Waals surface area contributed by atoms with Gasteiger partial charge in [0.2, 0.25) is 0 Å². The molecule has 17 heteroatoms. The number of rotatable bonds is 10. The molecule has 0 spiro atoms. The number of carbonyl (C=O) groups excluding carboxylic acids is 3. The van der Waals surface area contributed by atoms with Crippen molar-refractivity contribution < 1.29 is 28.6 Å². The molecule has 3 amide bonds. The zero-order valence-electron chi connectivity index (χ0n) is 36.1. The molecule has 2 saturated heterocycles. The number of hydrogen-bond acceptors (Lipinski definition) is 10. The molecule has 0 saturated carbocycles. The SMILES string of the molecule is CC(C)(C)OC(=O)N1CCN(C(=O)c2ccc(-c3ccccc3Cl)s2)C(COc2cccnc2)C1.Cl.Cl.O=C(c1ccc(-c2ccccc2Cl)s1)N1CCCCC1COc1cccnc1. The van der Waals surface area contributed by atoms with E-state index in [1.807, 2.05) is 117 Å². The summed E-state index contributed by atoms with van der Waals surface area (Å²) in [6.07, 6.45) is 9.40. The standard InChI is InChI=1S/C26H28ClN3O4S.C22H21ClN2O2S.2ClH/c1-26(2,3)34-25(32)29-13-14-30(18(16-29)17-33-19-7-6-12-28-15-19)24(31)23-11-10-22(35-23)20-8-4-5-9-21(20)27;23-19-9-2-1-8-18(19)20-10-11-21(28-20)22(26)25-13-4-3-6-16(25)15-27-17-7-5-12-24-14-17;;/h4-12,15,18H,13-14,16-17H2,1-3H3;1-2,5,7-12,14,16H,3-4,6,13,15H2;2*1H. The molecular weight excluding hydrogens is 949 g/mol. The van der Waals surface area contributed by atoms with Gasteiger partial charge in [-0.1, -0.05) is 59.6 Å². The molecule has 8 rings (SSSR count). The molecule has 2 aromatic carbocycles. The Morgan fingerprint density at radius 3 is 1.65 bits per heavy atom. The molecule has 65 heavy (non-hydrogen) atoms. The lowest BCUT2D eigenvalue weighted by atomic mass is 10.0. The molecule has 2 unspecified atom stereocenters. The number of thiophene rings is 2. The number of nitrogens with zero attached hydrogens (tertiary/aromatic N) is 5. The van der Waals surface area contributed by atoms with Gasteiger partial charge in [0.15, 0.2) is 0 Å². The van der Waals surface area contributed by atoms with Crippen molar-refractivity contribution in [3.8, 4) is 32.4 Å². The van der Waals surface area contributed by atoms with Crippen LogP contribution in [0.2, 0.25) is 10.0 Å². The number of carbonyl (C=O) groups is 3. The van der Waals surface area contributed by atoms with Gasteiger partial charge in [0.05, 0.1) is 34.2 Å². The quantitative estimate of drug-likeness (QED) is 0.133. The fourth-order valence-electron chi connectivity index (χ4n) is 7.25. The van der Waals surface area contributed by atoms with Crippen LogP contribution in [-0.2, 0) is 4.74 Å². The Labute approximate surface area is 410 Å². The number of ether oxygens (including phenoxy) is 3. The summed E-state index contributed by atoms with van der Waals surface area (Å²) in [4.78, 5) is 56.3. The van der Waals surface area contributed by atoms with Crippen LogP contribution in [0.4, 0.5) is 4.79 Å². The molecule has 2 aliphatic heterocycles. The lowest BCUT2D eigenvalue weighted by Gasteiger charge is -2.41. The normalized spacial score (nSPS) is 15.9. The molecule has 2 aliphatic rings. The molecule has 0 radical (unpaired) electrons. The van der Waals surface area contributed by atoms with Crippen molar-refractivity contribution >= 4 is 88.6 Å². The third-order valence-electron chi connectivity index (χ3n) is 10.3. The smallest absolute Gasteiger partial charge is 0.410 e. The third-order valence-corrected chi connectivity index (χ3v) is 13.2. The molecule has 0 bridgehead atoms. The van der Waals surface area contributed by atoms with Crippen LogP contribution in [0.3, 0.4) is 0 Å². The van der Waals surface area contributed by atoms with Crippen molar-refractivity contribution in [2.75, 3.05) is 39.4 Å². The van der Waals surface area contributed by atoms with Crippen molar-refractivity contribution in [1.29, 1.82) is 0 Å². The Kier molecular flexibility index (Phi) is 18.9. The van der Waals surface area contributed by atoms with E-state index in [0.717, 1.165) is 57.3 Å². The molecule has 344 valence electrons. The van der Waals surface area contributed by atoms with Gasteiger partial charge in [-0.2, -0.15) is 0 Å². The van der Waals surface area contributed by atoms with Crippen molar-refractivity contribution in [2.45, 2.75) is 57.7 Å². The van der Waals surface area contributed by atoms with E-state index in [4.69, 9.17) is 37.4 Å². The minimum Gasteiger partial charge on any atom is -0.490 e. The van der Waals surface area contributed by atoms with E-state index < -0.39 is 11.7 Å². The predicted molar refractivity (Wildman–Crippen MR) is 265 cm³/mol. The zero-order valence-corrected chi connectivity index (χ0v) is 40.9. The highest BCUT2D eigenvalue weighted by Gasteiger charge is 2.36. The summed E-state index contributed by atoms with van der Waals surface area (Å²) in [5, 5.41) is 1.34. The predicted octanol–water partition coefficient (Wildman–Crippen LogP) is 12.0. The summed E-state index contributed by atoms with van der Waals surface area (Å²) >= 11 is 15.6. The summed E-state index contributed by atoms with van der Waals surface area (Å²) in [7, 11) is 0. The van der Waals surface area contributed by atoms with E-state index in [2.05, 4.69) is 9.97 Å². The average Bonchev–Trinajstić information content (AvgIpc) is 4.00. The van der Waals surface area contributed by atoms with Gasteiger partial charge in [0.1, 0.15) is 30.3 Å². The molecule has 6 aromatic rings. The second-order valence-electron chi connectivity index (χ2n) is 16.0. The van der Waals surface area contributed by atoms with E-state index in [1.165, 1.54) is 22.7 Å². The Morgan fingerprint density at radius 1 is 0.646 bits per heavy atom. The summed E-state index contributed by atoms with van der Waals surface area (Å²) in [6.45, 7) is 8.04. The number of benzene rings is 2. The van der Waals surface area contributed by atoms with E-state index in [-0.39, 0.29) is 55.3 Å². The van der Waals surface area contributed by atoms with Crippen LogP contribution in [0, 0.1) is 0 Å². The van der Waals surface area contributed by atoms with Gasteiger partial charge in [-0.3, -0.25) is 19.6 Å². The first-order valence-corrected chi connectivity index (χ1v) is 23.2. The maximum absolute atomic E-state index is 13.6. The first kappa shape index (κ1) is 51.1. The van der Waals surface area contributed by atoms with Crippen molar-refractivity contribution in [2.24, 2.45) is 0 Å². The number of pyridine rings is 2. The van der Waals surface area contributed by atoms with Crippen molar-refractivity contribution in [1.82, 2.24) is 24.7 Å². The summed E-state index contributed by atoms with van der Waals surface area (Å²) in [5.74, 6) is 1.31. The van der Waals surface area contributed by atoms with Crippen LogP contribution in [-0.4, -0.2) is 99.7 Å². The van der Waals surface area contributed by atoms with Crippen LogP contribution in [0.25, 0.3) is 20.9 Å². The molecule has 0 aliphatic carbocycles. The van der Waals surface area contributed by atoms with E-state index in [0.29, 0.717) is 46.9 Å². The van der Waals surface area contributed by atoms with Crippen LogP contribution in [0.5, 0.6) is 11.5 Å². The maximum Gasteiger partial charge on any atom is 0.410 e. The second kappa shape index (κ2) is 24.0. The summed E-state index contributed by atoms with van der Waals surface area (Å²) in [5.41, 5.74) is 1.26. The van der Waals surface area contributed by atoms with Gasteiger partial charge in [0, 0.05) is 69.5 Å². The van der Waals surface area contributed by atoms with Crippen LogP contribution < -0.4 is 9.47 Å². The van der Waals surface area contributed by atoms with Gasteiger partial charge >= 0.3 is 6.09 Å². The van der Waals surface area contributed by atoms with Gasteiger partial charge in [-0.05, 0) is 101 Å². The monoisotopic (exact) mass is 997 g/mol. The number of piperazine rings is 1. The van der Waals surface area contributed by atoms with E-state index >= 15 is 0 Å². The van der Waals surface area contributed by atoms with Crippen LogP contribution >= 0.6 is 70.7 Å². The lowest BCUT2D eigenvalue weighted by molar-refractivity contribution is -0.000835.